The number of alkyl halides is 3. The third-order valence-electron chi connectivity index (χ3n) is 4.36. The lowest BCUT2D eigenvalue weighted by Crippen LogP contribution is -2.36. The minimum absolute atomic E-state index is 0.0446. The van der Waals surface area contributed by atoms with Crippen molar-refractivity contribution in [1.29, 1.82) is 0 Å². The number of nitrogens with zero attached hydrogens (tertiary/aromatic N) is 2. The molecule has 0 saturated carbocycles. The molecule has 25 heavy (non-hydrogen) atoms. The summed E-state index contributed by atoms with van der Waals surface area (Å²) in [5.41, 5.74) is -3.27. The Morgan fingerprint density at radius 1 is 1.28 bits per heavy atom. The summed E-state index contributed by atoms with van der Waals surface area (Å²) in [7, 11) is 1.84. The van der Waals surface area contributed by atoms with Crippen LogP contribution in [-0.2, 0) is 11.3 Å². The third-order valence-corrected chi connectivity index (χ3v) is 5.10. The lowest BCUT2D eigenvalue weighted by Gasteiger charge is -2.25. The molecular weight excluding hydrogens is 353 g/mol. The molecule has 4 nitrogen and oxygen atoms in total. The number of halogens is 3. The van der Waals surface area contributed by atoms with Gasteiger partial charge in [0.25, 0.3) is 0 Å². The molecule has 0 amide bonds. The van der Waals surface area contributed by atoms with Crippen molar-refractivity contribution in [2.24, 2.45) is 0 Å². The van der Waals surface area contributed by atoms with Gasteiger partial charge < -0.3 is 5.11 Å². The second-order valence-corrected chi connectivity index (χ2v) is 7.50. The number of carboxylic acids is 1. The van der Waals surface area contributed by atoms with Gasteiger partial charge in [-0.25, -0.2) is 0 Å². The number of rotatable bonds is 6. The van der Waals surface area contributed by atoms with Crippen LogP contribution in [0, 0.1) is 0 Å². The Kier molecular flexibility index (Phi) is 7.15. The first-order chi connectivity index (χ1) is 11.7. The highest BCUT2D eigenvalue weighted by molar-refractivity contribution is 8.00. The third kappa shape index (κ3) is 7.25. The van der Waals surface area contributed by atoms with Crippen molar-refractivity contribution in [2.75, 3.05) is 26.7 Å². The highest BCUT2D eigenvalue weighted by Gasteiger charge is 2.29. The van der Waals surface area contributed by atoms with Gasteiger partial charge in [0.1, 0.15) is 0 Å². The molecule has 1 fully saturated rings. The van der Waals surface area contributed by atoms with Crippen LogP contribution in [0.5, 0.6) is 0 Å². The first kappa shape index (κ1) is 20.1. The number of thioether (sulfide) groups is 1. The monoisotopic (exact) mass is 376 g/mol. The maximum atomic E-state index is 12.4. The zero-order valence-electron chi connectivity index (χ0n) is 14.1. The van der Waals surface area contributed by atoms with Crippen molar-refractivity contribution in [1.82, 2.24) is 9.80 Å². The van der Waals surface area contributed by atoms with Gasteiger partial charge in [0.2, 0.25) is 0 Å². The molecule has 1 N–H and O–H groups in total. The van der Waals surface area contributed by atoms with Gasteiger partial charge >= 0.3 is 11.5 Å². The zero-order chi connectivity index (χ0) is 18.4. The zero-order valence-corrected chi connectivity index (χ0v) is 14.9. The Hall–Kier alpha value is -1.25. The molecule has 1 saturated heterocycles. The van der Waals surface area contributed by atoms with Crippen LogP contribution in [0.4, 0.5) is 13.2 Å². The van der Waals surface area contributed by atoms with Crippen molar-refractivity contribution in [2.45, 2.75) is 42.3 Å². The van der Waals surface area contributed by atoms with Crippen molar-refractivity contribution in [3.8, 4) is 0 Å². The second-order valence-electron chi connectivity index (χ2n) is 6.36. The fourth-order valence-corrected chi connectivity index (χ4v) is 3.67. The predicted octanol–water partition coefficient (Wildman–Crippen LogP) is 3.67. The molecule has 1 aliphatic heterocycles. The van der Waals surface area contributed by atoms with E-state index < -0.39 is 11.5 Å². The first-order valence-corrected chi connectivity index (χ1v) is 9.03. The topological polar surface area (TPSA) is 43.8 Å². The van der Waals surface area contributed by atoms with E-state index in [-0.39, 0.29) is 29.2 Å². The molecule has 0 aromatic heterocycles. The second kappa shape index (κ2) is 8.91. The van der Waals surface area contributed by atoms with E-state index in [1.54, 1.807) is 12.1 Å². The lowest BCUT2D eigenvalue weighted by molar-refractivity contribution is -0.138. The summed E-state index contributed by atoms with van der Waals surface area (Å²) >= 11 is -0.0999. The van der Waals surface area contributed by atoms with Crippen LogP contribution in [0.2, 0.25) is 0 Å². The van der Waals surface area contributed by atoms with Gasteiger partial charge in [-0.2, -0.15) is 13.2 Å². The van der Waals surface area contributed by atoms with E-state index in [0.29, 0.717) is 6.54 Å². The standard InChI is InChI=1S/C17H23F3N2O2S/c1-21(12-16(23)24)14-3-2-9-22(10-8-14)11-13-4-6-15(7-5-13)25-17(18,19)20/h4-7,14H,2-3,8-12H2,1H3,(H,23,24). The molecule has 1 atom stereocenters. The minimum Gasteiger partial charge on any atom is -0.480 e. The maximum absolute atomic E-state index is 12.4. The number of aliphatic carboxylic acids is 1. The molecule has 140 valence electrons. The Balaban J connectivity index is 1.86. The predicted molar refractivity (Wildman–Crippen MR) is 91.5 cm³/mol. The van der Waals surface area contributed by atoms with Gasteiger partial charge in [-0.05, 0) is 68.9 Å². The van der Waals surface area contributed by atoms with Crippen LogP contribution in [-0.4, -0.2) is 59.1 Å². The molecule has 1 aliphatic rings. The molecule has 1 heterocycles. The molecule has 8 heteroatoms. The van der Waals surface area contributed by atoms with Gasteiger partial charge in [0.15, 0.2) is 0 Å². The van der Waals surface area contributed by atoms with Crippen molar-refractivity contribution >= 4 is 17.7 Å². The molecule has 0 bridgehead atoms. The summed E-state index contributed by atoms with van der Waals surface area (Å²) in [5, 5.41) is 8.90. The first-order valence-electron chi connectivity index (χ1n) is 8.22. The highest BCUT2D eigenvalue weighted by Crippen LogP contribution is 2.36. The number of benzene rings is 1. The smallest absolute Gasteiger partial charge is 0.446 e. The van der Waals surface area contributed by atoms with Crippen LogP contribution < -0.4 is 0 Å². The van der Waals surface area contributed by atoms with Crippen LogP contribution >= 0.6 is 11.8 Å². The quantitative estimate of drug-likeness (QED) is 0.768. The molecule has 0 radical (unpaired) electrons. The molecule has 0 spiro atoms. The van der Waals surface area contributed by atoms with E-state index in [9.17, 15) is 18.0 Å². The van der Waals surface area contributed by atoms with Crippen molar-refractivity contribution in [3.05, 3.63) is 29.8 Å². The van der Waals surface area contributed by atoms with Gasteiger partial charge in [0, 0.05) is 17.5 Å². The molecule has 2 rings (SSSR count). The fourth-order valence-electron chi connectivity index (χ4n) is 3.13. The average molecular weight is 376 g/mol. The summed E-state index contributed by atoms with van der Waals surface area (Å²) in [6, 6.07) is 6.76. The number of hydrogen-bond donors (Lipinski definition) is 1. The summed E-state index contributed by atoms with van der Waals surface area (Å²) in [6.45, 7) is 2.51. The van der Waals surface area contributed by atoms with Gasteiger partial charge in [-0.3, -0.25) is 14.6 Å². The summed E-state index contributed by atoms with van der Waals surface area (Å²) in [5.74, 6) is -0.819. The fraction of sp³-hybridized carbons (Fsp3) is 0.588. The molecule has 1 unspecified atom stereocenters. The summed E-state index contributed by atoms with van der Waals surface area (Å²) in [6.07, 6.45) is 2.84. The van der Waals surface area contributed by atoms with Crippen molar-refractivity contribution in [3.63, 3.8) is 0 Å². The SMILES string of the molecule is CN(CC(=O)O)C1CCCN(Cc2ccc(SC(F)(F)F)cc2)CC1. The normalized spacial score (nSPS) is 19.8. The summed E-state index contributed by atoms with van der Waals surface area (Å²) < 4.78 is 37.1. The lowest BCUT2D eigenvalue weighted by atomic mass is 10.1. The van der Waals surface area contributed by atoms with E-state index in [4.69, 9.17) is 5.11 Å². The van der Waals surface area contributed by atoms with Gasteiger partial charge in [0.05, 0.1) is 6.54 Å². The number of carbonyl (C=O) groups is 1. The maximum Gasteiger partial charge on any atom is 0.446 e. The van der Waals surface area contributed by atoms with Crippen molar-refractivity contribution < 1.29 is 23.1 Å². The minimum atomic E-state index is -4.26. The Labute approximate surface area is 150 Å². The van der Waals surface area contributed by atoms with E-state index in [1.165, 1.54) is 12.1 Å². The number of hydrogen-bond acceptors (Lipinski definition) is 4. The van der Waals surface area contributed by atoms with E-state index in [1.807, 2.05) is 11.9 Å². The van der Waals surface area contributed by atoms with Crippen LogP contribution in [0.1, 0.15) is 24.8 Å². The highest BCUT2D eigenvalue weighted by atomic mass is 32.2. The van der Waals surface area contributed by atoms with Gasteiger partial charge in [-0.1, -0.05) is 12.1 Å². The van der Waals surface area contributed by atoms with Gasteiger partial charge in [-0.15, -0.1) is 0 Å². The Morgan fingerprint density at radius 2 is 1.96 bits per heavy atom. The number of carboxylic acid groups (broad SMARTS) is 1. The summed E-state index contributed by atoms with van der Waals surface area (Å²) in [4.78, 5) is 15.2. The number of likely N-dealkylation sites (N-methyl/N-ethyl adjacent to an activating group) is 1. The van der Waals surface area contributed by atoms with E-state index >= 15 is 0 Å². The molecular formula is C17H23F3N2O2S. The van der Waals surface area contributed by atoms with E-state index in [2.05, 4.69) is 4.90 Å². The molecule has 1 aromatic rings. The molecule has 0 aliphatic carbocycles. The van der Waals surface area contributed by atoms with Crippen LogP contribution in [0.15, 0.2) is 29.2 Å². The molecule has 1 aromatic carbocycles. The average Bonchev–Trinajstić information content (AvgIpc) is 2.73. The Bertz CT molecular complexity index is 566. The largest absolute Gasteiger partial charge is 0.480 e. The van der Waals surface area contributed by atoms with Crippen LogP contribution in [0.25, 0.3) is 0 Å². The number of likely N-dealkylation sites (tertiary alicyclic amines) is 1. The Morgan fingerprint density at radius 3 is 2.56 bits per heavy atom. The van der Waals surface area contributed by atoms with E-state index in [0.717, 1.165) is 37.9 Å². The van der Waals surface area contributed by atoms with Crippen LogP contribution in [0.3, 0.4) is 0 Å².